The third kappa shape index (κ3) is 2.63. The average Bonchev–Trinajstić information content (AvgIpc) is 3.04. The van der Waals surface area contributed by atoms with E-state index in [9.17, 15) is 4.79 Å². The zero-order valence-corrected chi connectivity index (χ0v) is 11.0. The molecule has 94 valence electrons. The number of nitrogens with one attached hydrogen (secondary N) is 1. The first-order valence-corrected chi connectivity index (χ1v) is 6.57. The Balaban J connectivity index is 2.08. The summed E-state index contributed by atoms with van der Waals surface area (Å²) in [6, 6.07) is 0.464. The summed E-state index contributed by atoms with van der Waals surface area (Å²) in [4.78, 5) is 11.8. The van der Waals surface area contributed by atoms with E-state index in [0.29, 0.717) is 18.3 Å². The Bertz CT molecular complexity index is 458. The molecule has 0 aliphatic heterocycles. The van der Waals surface area contributed by atoms with E-state index in [0.717, 1.165) is 5.92 Å². The lowest BCUT2D eigenvalue weighted by molar-refractivity contribution is 0.616. The van der Waals surface area contributed by atoms with Gasteiger partial charge in [0.15, 0.2) is 0 Å². The van der Waals surface area contributed by atoms with Crippen LogP contribution in [-0.4, -0.2) is 15.8 Å². The number of aromatic nitrogens is 2. The molecule has 5 heteroatoms. The molecule has 2 unspecified atom stereocenters. The molecule has 4 nitrogen and oxygen atoms in total. The molecule has 1 saturated carbocycles. The monoisotopic (exact) mass is 255 g/mol. The summed E-state index contributed by atoms with van der Waals surface area (Å²) in [7, 11) is 0. The Morgan fingerprint density at radius 3 is 3.00 bits per heavy atom. The van der Waals surface area contributed by atoms with Gasteiger partial charge in [-0.3, -0.25) is 4.79 Å². The summed E-state index contributed by atoms with van der Waals surface area (Å²) in [5, 5.41) is 7.62. The Labute approximate surface area is 106 Å². The maximum absolute atomic E-state index is 11.8. The Morgan fingerprint density at radius 2 is 2.35 bits per heavy atom. The fourth-order valence-corrected chi connectivity index (χ4v) is 2.31. The van der Waals surface area contributed by atoms with Crippen molar-refractivity contribution in [3.8, 4) is 0 Å². The van der Waals surface area contributed by atoms with E-state index in [2.05, 4.69) is 17.3 Å². The van der Waals surface area contributed by atoms with E-state index in [1.807, 2.05) is 6.92 Å². The summed E-state index contributed by atoms with van der Waals surface area (Å²) in [6.45, 7) is 4.60. The number of hydrogen-bond acceptors (Lipinski definition) is 3. The molecule has 1 N–H and O–H groups in total. The first-order valence-electron chi connectivity index (χ1n) is 6.19. The van der Waals surface area contributed by atoms with Gasteiger partial charge in [0, 0.05) is 12.6 Å². The number of hydrogen-bond donors (Lipinski definition) is 1. The topological polar surface area (TPSA) is 46.9 Å². The van der Waals surface area contributed by atoms with Crippen molar-refractivity contribution in [2.75, 3.05) is 5.32 Å². The van der Waals surface area contributed by atoms with Gasteiger partial charge in [0.25, 0.3) is 5.56 Å². The van der Waals surface area contributed by atoms with Gasteiger partial charge in [-0.2, -0.15) is 5.10 Å². The highest BCUT2D eigenvalue weighted by Gasteiger charge is 2.36. The SMILES string of the molecule is CCCC1CC1Nc1cnn(CC)c(=O)c1Cl. The van der Waals surface area contributed by atoms with Crippen LogP contribution >= 0.6 is 11.6 Å². The second-order valence-electron chi connectivity index (χ2n) is 4.53. The van der Waals surface area contributed by atoms with Crippen LogP contribution in [-0.2, 0) is 6.54 Å². The van der Waals surface area contributed by atoms with Crippen LogP contribution < -0.4 is 10.9 Å². The maximum atomic E-state index is 11.8. The third-order valence-electron chi connectivity index (χ3n) is 3.21. The van der Waals surface area contributed by atoms with E-state index in [4.69, 9.17) is 11.6 Å². The van der Waals surface area contributed by atoms with Crippen LogP contribution in [0.15, 0.2) is 11.0 Å². The van der Waals surface area contributed by atoms with Gasteiger partial charge in [-0.25, -0.2) is 4.68 Å². The van der Waals surface area contributed by atoms with Crippen LogP contribution in [0.3, 0.4) is 0 Å². The van der Waals surface area contributed by atoms with E-state index in [-0.39, 0.29) is 10.6 Å². The average molecular weight is 256 g/mol. The largest absolute Gasteiger partial charge is 0.379 e. The summed E-state index contributed by atoms with van der Waals surface area (Å²) < 4.78 is 1.37. The highest BCUT2D eigenvalue weighted by Crippen LogP contribution is 2.37. The van der Waals surface area contributed by atoms with Crippen molar-refractivity contribution < 1.29 is 0 Å². The van der Waals surface area contributed by atoms with Crippen molar-refractivity contribution in [2.24, 2.45) is 5.92 Å². The number of aryl methyl sites for hydroxylation is 1. The number of rotatable bonds is 5. The molecular formula is C12H18ClN3O. The minimum absolute atomic E-state index is 0.216. The fraction of sp³-hybridized carbons (Fsp3) is 0.667. The lowest BCUT2D eigenvalue weighted by Gasteiger charge is -2.08. The van der Waals surface area contributed by atoms with Gasteiger partial charge >= 0.3 is 0 Å². The maximum Gasteiger partial charge on any atom is 0.287 e. The van der Waals surface area contributed by atoms with Crippen LogP contribution in [0.4, 0.5) is 5.69 Å². The second kappa shape index (κ2) is 5.08. The quantitative estimate of drug-likeness (QED) is 0.880. The van der Waals surface area contributed by atoms with Crippen LogP contribution in [0.5, 0.6) is 0 Å². The van der Waals surface area contributed by atoms with Crippen molar-refractivity contribution in [3.05, 3.63) is 21.6 Å². The van der Waals surface area contributed by atoms with Gasteiger partial charge in [-0.1, -0.05) is 24.9 Å². The molecule has 1 aliphatic carbocycles. The standard InChI is InChI=1S/C12H18ClN3O/c1-3-5-8-6-9(8)15-10-7-14-16(4-2)12(17)11(10)13/h7-9,15H,3-6H2,1-2H3. The first-order chi connectivity index (χ1) is 8.17. The zero-order valence-electron chi connectivity index (χ0n) is 10.2. The predicted octanol–water partition coefficient (Wildman–Crippen LogP) is 2.52. The van der Waals surface area contributed by atoms with Crippen LogP contribution in [0.2, 0.25) is 5.02 Å². The molecule has 1 heterocycles. The van der Waals surface area contributed by atoms with E-state index in [1.165, 1.54) is 23.9 Å². The molecule has 0 aromatic carbocycles. The summed E-state index contributed by atoms with van der Waals surface area (Å²) in [6.07, 6.45) is 5.25. The minimum Gasteiger partial charge on any atom is -0.379 e. The van der Waals surface area contributed by atoms with Gasteiger partial charge in [-0.05, 0) is 25.7 Å². The molecule has 0 amide bonds. The molecule has 0 bridgehead atoms. The summed E-state index contributed by atoms with van der Waals surface area (Å²) in [5.74, 6) is 0.727. The lowest BCUT2D eigenvalue weighted by Crippen LogP contribution is -2.23. The predicted molar refractivity (Wildman–Crippen MR) is 69.6 cm³/mol. The Kier molecular flexibility index (Phi) is 3.72. The van der Waals surface area contributed by atoms with E-state index in [1.54, 1.807) is 6.20 Å². The van der Waals surface area contributed by atoms with Gasteiger partial charge in [-0.15, -0.1) is 0 Å². The van der Waals surface area contributed by atoms with E-state index < -0.39 is 0 Å². The van der Waals surface area contributed by atoms with Crippen molar-refractivity contribution >= 4 is 17.3 Å². The van der Waals surface area contributed by atoms with Gasteiger partial charge < -0.3 is 5.32 Å². The first kappa shape index (κ1) is 12.4. The minimum atomic E-state index is -0.216. The Hall–Kier alpha value is -1.03. The summed E-state index contributed by atoms with van der Waals surface area (Å²) in [5.41, 5.74) is 0.455. The zero-order chi connectivity index (χ0) is 12.4. The molecule has 0 radical (unpaired) electrons. The number of nitrogens with zero attached hydrogens (tertiary/aromatic N) is 2. The normalized spacial score (nSPS) is 22.5. The van der Waals surface area contributed by atoms with Gasteiger partial charge in [0.2, 0.25) is 0 Å². The molecule has 0 spiro atoms. The van der Waals surface area contributed by atoms with Crippen molar-refractivity contribution in [3.63, 3.8) is 0 Å². The molecule has 17 heavy (non-hydrogen) atoms. The molecule has 2 rings (SSSR count). The summed E-state index contributed by atoms with van der Waals surface area (Å²) >= 11 is 6.04. The number of anilines is 1. The second-order valence-corrected chi connectivity index (χ2v) is 4.91. The fourth-order valence-electron chi connectivity index (χ4n) is 2.10. The Morgan fingerprint density at radius 1 is 1.59 bits per heavy atom. The molecule has 1 aromatic rings. The molecule has 2 atom stereocenters. The van der Waals surface area contributed by atoms with Crippen molar-refractivity contribution in [1.29, 1.82) is 0 Å². The lowest BCUT2D eigenvalue weighted by atomic mass is 10.2. The highest BCUT2D eigenvalue weighted by atomic mass is 35.5. The molecule has 1 fully saturated rings. The van der Waals surface area contributed by atoms with Crippen LogP contribution in [0.1, 0.15) is 33.1 Å². The van der Waals surface area contributed by atoms with Gasteiger partial charge in [0.05, 0.1) is 11.9 Å². The molecule has 1 aliphatic rings. The molecular weight excluding hydrogens is 238 g/mol. The van der Waals surface area contributed by atoms with Crippen LogP contribution in [0.25, 0.3) is 0 Å². The van der Waals surface area contributed by atoms with Crippen molar-refractivity contribution in [1.82, 2.24) is 9.78 Å². The third-order valence-corrected chi connectivity index (χ3v) is 3.57. The van der Waals surface area contributed by atoms with Crippen LogP contribution in [0, 0.1) is 5.92 Å². The number of halogens is 1. The van der Waals surface area contributed by atoms with Crippen molar-refractivity contribution in [2.45, 2.75) is 45.7 Å². The molecule has 0 saturated heterocycles. The van der Waals surface area contributed by atoms with E-state index >= 15 is 0 Å². The van der Waals surface area contributed by atoms with Gasteiger partial charge in [0.1, 0.15) is 5.02 Å². The highest BCUT2D eigenvalue weighted by molar-refractivity contribution is 6.32. The smallest absolute Gasteiger partial charge is 0.287 e. The molecule has 1 aromatic heterocycles.